The van der Waals surface area contributed by atoms with Gasteiger partial charge in [0, 0.05) is 12.8 Å². The summed E-state index contributed by atoms with van der Waals surface area (Å²) in [6, 6.07) is 0. The normalized spacial score (nSPS) is 14.1. The van der Waals surface area contributed by atoms with E-state index in [4.69, 9.17) is 5.73 Å². The highest BCUT2D eigenvalue weighted by atomic mass is 16.1. The number of carbonyl (C=O) groups excluding carboxylic acids is 1. The number of Topliss-reactive ketones (excluding diaryl/α,β-unsaturated/α-hetero) is 1. The third-order valence-electron chi connectivity index (χ3n) is 2.91. The molecule has 0 rings (SSSR count). The zero-order valence-corrected chi connectivity index (χ0v) is 10.1. The molecule has 0 fully saturated rings. The van der Waals surface area contributed by atoms with Crippen LogP contribution in [0.1, 0.15) is 53.4 Å². The highest BCUT2D eigenvalue weighted by molar-refractivity contribution is 5.77. The monoisotopic (exact) mass is 199 g/mol. The lowest BCUT2D eigenvalue weighted by atomic mass is 9.76. The van der Waals surface area contributed by atoms with Gasteiger partial charge in [-0.15, -0.1) is 0 Å². The third kappa shape index (κ3) is 5.38. The summed E-state index contributed by atoms with van der Waals surface area (Å²) in [6.45, 7) is 9.33. The van der Waals surface area contributed by atoms with Crippen molar-refractivity contribution in [3.8, 4) is 0 Å². The average molecular weight is 199 g/mol. The molecule has 0 aliphatic heterocycles. The molecule has 0 aromatic carbocycles. The van der Waals surface area contributed by atoms with E-state index < -0.39 is 0 Å². The van der Waals surface area contributed by atoms with Gasteiger partial charge in [0.05, 0.1) is 0 Å². The van der Waals surface area contributed by atoms with Crippen LogP contribution in [0.2, 0.25) is 0 Å². The second-order valence-corrected chi connectivity index (χ2v) is 5.07. The Balaban J connectivity index is 4.04. The number of nitrogens with two attached hydrogens (primary N) is 1. The molecule has 2 nitrogen and oxygen atoms in total. The molecule has 0 aromatic heterocycles. The predicted octanol–water partition coefficient (Wildman–Crippen LogP) is 2.76. The Hall–Kier alpha value is -0.370. The summed E-state index contributed by atoms with van der Waals surface area (Å²) < 4.78 is 0. The maximum absolute atomic E-state index is 11.2. The Kier molecular flexibility index (Phi) is 6.01. The summed E-state index contributed by atoms with van der Waals surface area (Å²) in [5.74, 6) is 0.944. The highest BCUT2D eigenvalue weighted by Crippen LogP contribution is 2.32. The molecule has 0 radical (unpaired) electrons. The fraction of sp³-hybridized carbons (Fsp3) is 0.917. The van der Waals surface area contributed by atoms with E-state index in [-0.39, 0.29) is 5.41 Å². The summed E-state index contributed by atoms with van der Waals surface area (Å²) in [5.41, 5.74) is 5.85. The largest absolute Gasteiger partial charge is 0.330 e. The van der Waals surface area contributed by atoms with Gasteiger partial charge in [-0.1, -0.05) is 27.7 Å². The second kappa shape index (κ2) is 6.18. The third-order valence-corrected chi connectivity index (χ3v) is 2.91. The lowest BCUT2D eigenvalue weighted by molar-refractivity contribution is -0.119. The van der Waals surface area contributed by atoms with E-state index in [0.29, 0.717) is 18.1 Å². The number of hydrogen-bond donors (Lipinski definition) is 1. The molecule has 0 aromatic rings. The van der Waals surface area contributed by atoms with E-state index in [1.54, 1.807) is 0 Å². The molecule has 1 atom stereocenters. The van der Waals surface area contributed by atoms with Crippen LogP contribution in [0.15, 0.2) is 0 Å². The standard InChI is InChI=1S/C12H25NO/c1-5-11(14)7-6-10(8-9-13)12(2,3)4/h10H,5-9,13H2,1-4H3. The van der Waals surface area contributed by atoms with Crippen molar-refractivity contribution in [3.05, 3.63) is 0 Å². The van der Waals surface area contributed by atoms with Gasteiger partial charge in [0.2, 0.25) is 0 Å². The van der Waals surface area contributed by atoms with E-state index in [0.717, 1.165) is 25.8 Å². The number of ketones is 1. The van der Waals surface area contributed by atoms with Gasteiger partial charge in [0.15, 0.2) is 0 Å². The number of rotatable bonds is 6. The first-order chi connectivity index (χ1) is 6.41. The van der Waals surface area contributed by atoms with Gasteiger partial charge in [-0.2, -0.15) is 0 Å². The first-order valence-corrected chi connectivity index (χ1v) is 5.63. The zero-order valence-electron chi connectivity index (χ0n) is 10.1. The fourth-order valence-electron chi connectivity index (χ4n) is 1.72. The lowest BCUT2D eigenvalue weighted by Crippen LogP contribution is -2.24. The van der Waals surface area contributed by atoms with Crippen LogP contribution in [0.3, 0.4) is 0 Å². The summed E-state index contributed by atoms with van der Waals surface area (Å²) in [5, 5.41) is 0. The minimum atomic E-state index is 0.271. The number of hydrogen-bond acceptors (Lipinski definition) is 2. The van der Waals surface area contributed by atoms with Crippen molar-refractivity contribution in [2.24, 2.45) is 17.1 Å². The summed E-state index contributed by atoms with van der Waals surface area (Å²) in [6.07, 6.45) is 3.41. The van der Waals surface area contributed by atoms with Crippen LogP contribution in [0.5, 0.6) is 0 Å². The van der Waals surface area contributed by atoms with E-state index >= 15 is 0 Å². The lowest BCUT2D eigenvalue weighted by Gasteiger charge is -2.30. The fourth-order valence-corrected chi connectivity index (χ4v) is 1.72. The summed E-state index contributed by atoms with van der Waals surface area (Å²) in [4.78, 5) is 11.2. The molecule has 0 heterocycles. The molecular weight excluding hydrogens is 174 g/mol. The van der Waals surface area contributed by atoms with Crippen molar-refractivity contribution in [1.82, 2.24) is 0 Å². The Labute approximate surface area is 88.3 Å². The van der Waals surface area contributed by atoms with E-state index in [1.165, 1.54) is 0 Å². The number of carbonyl (C=O) groups is 1. The van der Waals surface area contributed by atoms with Crippen molar-refractivity contribution < 1.29 is 4.79 Å². The Morgan fingerprint density at radius 1 is 1.29 bits per heavy atom. The molecule has 0 saturated heterocycles. The van der Waals surface area contributed by atoms with Gasteiger partial charge < -0.3 is 5.73 Å². The van der Waals surface area contributed by atoms with Crippen LogP contribution >= 0.6 is 0 Å². The molecule has 2 heteroatoms. The molecule has 2 N–H and O–H groups in total. The van der Waals surface area contributed by atoms with Crippen LogP contribution in [-0.2, 0) is 4.79 Å². The molecule has 0 aliphatic rings. The first kappa shape index (κ1) is 13.6. The van der Waals surface area contributed by atoms with Crippen molar-refractivity contribution >= 4 is 5.78 Å². The minimum absolute atomic E-state index is 0.271. The van der Waals surface area contributed by atoms with E-state index in [9.17, 15) is 4.79 Å². The van der Waals surface area contributed by atoms with Gasteiger partial charge >= 0.3 is 0 Å². The van der Waals surface area contributed by atoms with Crippen LogP contribution in [0.4, 0.5) is 0 Å². The average Bonchev–Trinajstić information content (AvgIpc) is 2.09. The van der Waals surface area contributed by atoms with Gasteiger partial charge in [-0.25, -0.2) is 0 Å². The van der Waals surface area contributed by atoms with Crippen LogP contribution in [-0.4, -0.2) is 12.3 Å². The SMILES string of the molecule is CCC(=O)CCC(CCN)C(C)(C)C. The first-order valence-electron chi connectivity index (χ1n) is 5.63. The van der Waals surface area contributed by atoms with Crippen LogP contribution in [0, 0.1) is 11.3 Å². The smallest absolute Gasteiger partial charge is 0.132 e. The van der Waals surface area contributed by atoms with Crippen molar-refractivity contribution in [2.75, 3.05) is 6.54 Å². The molecule has 14 heavy (non-hydrogen) atoms. The molecule has 0 saturated carbocycles. The maximum Gasteiger partial charge on any atom is 0.132 e. The van der Waals surface area contributed by atoms with Crippen molar-refractivity contribution in [1.29, 1.82) is 0 Å². The maximum atomic E-state index is 11.2. The van der Waals surface area contributed by atoms with Gasteiger partial charge in [0.1, 0.15) is 5.78 Å². The minimum Gasteiger partial charge on any atom is -0.330 e. The zero-order chi connectivity index (χ0) is 11.2. The topological polar surface area (TPSA) is 43.1 Å². The summed E-state index contributed by atoms with van der Waals surface area (Å²) in [7, 11) is 0. The molecule has 0 spiro atoms. The molecule has 0 aliphatic carbocycles. The Morgan fingerprint density at radius 3 is 2.21 bits per heavy atom. The Bertz CT molecular complexity index is 170. The second-order valence-electron chi connectivity index (χ2n) is 5.07. The van der Waals surface area contributed by atoms with Gasteiger partial charge in [0.25, 0.3) is 0 Å². The van der Waals surface area contributed by atoms with Gasteiger partial charge in [-0.3, -0.25) is 4.79 Å². The van der Waals surface area contributed by atoms with Crippen molar-refractivity contribution in [3.63, 3.8) is 0 Å². The predicted molar refractivity (Wildman–Crippen MR) is 61.1 cm³/mol. The molecular formula is C12H25NO. The van der Waals surface area contributed by atoms with Crippen molar-refractivity contribution in [2.45, 2.75) is 53.4 Å². The molecule has 1 unspecified atom stereocenters. The molecule has 0 amide bonds. The molecule has 84 valence electrons. The van der Waals surface area contributed by atoms with Crippen LogP contribution < -0.4 is 5.73 Å². The quantitative estimate of drug-likeness (QED) is 0.714. The molecule has 0 bridgehead atoms. The highest BCUT2D eigenvalue weighted by Gasteiger charge is 2.23. The summed E-state index contributed by atoms with van der Waals surface area (Å²) >= 11 is 0. The van der Waals surface area contributed by atoms with E-state index in [2.05, 4.69) is 20.8 Å². The van der Waals surface area contributed by atoms with Crippen LogP contribution in [0.25, 0.3) is 0 Å². The van der Waals surface area contributed by atoms with Gasteiger partial charge in [-0.05, 0) is 30.7 Å². The Morgan fingerprint density at radius 2 is 1.86 bits per heavy atom. The van der Waals surface area contributed by atoms with E-state index in [1.807, 2.05) is 6.92 Å².